The summed E-state index contributed by atoms with van der Waals surface area (Å²) in [6.07, 6.45) is -3.40. The van der Waals surface area contributed by atoms with Crippen molar-refractivity contribution in [3.63, 3.8) is 0 Å². The minimum absolute atomic E-state index is 0.00197. The predicted octanol–water partition coefficient (Wildman–Crippen LogP) is 1.98. The zero-order chi connectivity index (χ0) is 20.9. The van der Waals surface area contributed by atoms with Gasteiger partial charge in [-0.05, 0) is 39.7 Å². The molecule has 0 aromatic rings. The molecule has 1 rings (SSSR count). The number of guanidine groups is 1. The smallest absolute Gasteiger partial charge is 0.355 e. The molecule has 0 aromatic carbocycles. The van der Waals surface area contributed by atoms with Gasteiger partial charge in [0.05, 0.1) is 17.0 Å². The maximum Gasteiger partial charge on any atom is 0.401 e. The van der Waals surface area contributed by atoms with Crippen molar-refractivity contribution in [3.05, 3.63) is 0 Å². The third-order valence-corrected chi connectivity index (χ3v) is 7.36. The van der Waals surface area contributed by atoms with Crippen molar-refractivity contribution in [1.82, 2.24) is 15.1 Å². The van der Waals surface area contributed by atoms with Crippen LogP contribution in [0.5, 0.6) is 0 Å². The van der Waals surface area contributed by atoms with E-state index in [-0.39, 0.29) is 18.2 Å². The first-order valence-corrected chi connectivity index (χ1v) is 10.9. The first kappa shape index (κ1) is 24.0. The third-order valence-electron chi connectivity index (χ3n) is 4.75. The Morgan fingerprint density at radius 3 is 2.41 bits per heavy atom. The Bertz CT molecular complexity index is 600. The standard InChI is InChI=1S/C17H33F3N4O2S/c1-6-23(13-17(18,19)20)11-14-7-9-24(12-14)15(21-5)22-8-10-27(25,26)16(2,3)4/h14H,6-13H2,1-5H3,(H,21,22). The SMILES string of the molecule is CCN(CC1CCN(C(=NC)NCCS(=O)(=O)C(C)(C)C)C1)CC(F)(F)F. The number of hydrogen-bond acceptors (Lipinski definition) is 4. The molecule has 0 spiro atoms. The van der Waals surface area contributed by atoms with Gasteiger partial charge in [0.25, 0.3) is 0 Å². The molecule has 27 heavy (non-hydrogen) atoms. The number of likely N-dealkylation sites (tertiary alicyclic amines) is 1. The molecule has 0 aliphatic carbocycles. The van der Waals surface area contributed by atoms with Crippen molar-refractivity contribution < 1.29 is 21.6 Å². The molecule has 1 aliphatic rings. The van der Waals surface area contributed by atoms with E-state index < -0.39 is 27.3 Å². The van der Waals surface area contributed by atoms with Crippen LogP contribution in [0.2, 0.25) is 0 Å². The summed E-state index contributed by atoms with van der Waals surface area (Å²) in [6.45, 7) is 8.15. The van der Waals surface area contributed by atoms with Gasteiger partial charge in [-0.1, -0.05) is 6.92 Å². The Labute approximate surface area is 161 Å². The van der Waals surface area contributed by atoms with E-state index in [9.17, 15) is 21.6 Å². The minimum Gasteiger partial charge on any atom is -0.355 e. The number of nitrogens with one attached hydrogen (secondary N) is 1. The Balaban J connectivity index is 2.53. The van der Waals surface area contributed by atoms with Gasteiger partial charge in [0.1, 0.15) is 0 Å². The first-order valence-electron chi connectivity index (χ1n) is 9.26. The molecule has 160 valence electrons. The van der Waals surface area contributed by atoms with Crippen molar-refractivity contribution in [1.29, 1.82) is 0 Å². The summed E-state index contributed by atoms with van der Waals surface area (Å²) >= 11 is 0. The zero-order valence-electron chi connectivity index (χ0n) is 16.9. The van der Waals surface area contributed by atoms with E-state index in [0.29, 0.717) is 32.1 Å². The topological polar surface area (TPSA) is 65.0 Å². The van der Waals surface area contributed by atoms with E-state index in [4.69, 9.17) is 0 Å². The fourth-order valence-corrected chi connectivity index (χ4v) is 4.02. The molecule has 0 saturated carbocycles. The number of aliphatic imine (C=N–C) groups is 1. The molecule has 1 atom stereocenters. The summed E-state index contributed by atoms with van der Waals surface area (Å²) in [4.78, 5) is 7.59. The Hall–Kier alpha value is -1.03. The molecule has 1 fully saturated rings. The van der Waals surface area contributed by atoms with Crippen LogP contribution in [0.3, 0.4) is 0 Å². The molecule has 1 heterocycles. The number of alkyl halides is 3. The average molecular weight is 415 g/mol. The van der Waals surface area contributed by atoms with E-state index in [1.54, 1.807) is 34.7 Å². The summed E-state index contributed by atoms with van der Waals surface area (Å²) in [5.41, 5.74) is 0. The Morgan fingerprint density at radius 2 is 1.93 bits per heavy atom. The second kappa shape index (κ2) is 9.45. The van der Waals surface area contributed by atoms with Gasteiger partial charge >= 0.3 is 6.18 Å². The zero-order valence-corrected chi connectivity index (χ0v) is 17.8. The van der Waals surface area contributed by atoms with Gasteiger partial charge in [0, 0.05) is 33.2 Å². The van der Waals surface area contributed by atoms with E-state index in [2.05, 4.69) is 10.3 Å². The van der Waals surface area contributed by atoms with Gasteiger partial charge in [-0.3, -0.25) is 9.89 Å². The van der Waals surface area contributed by atoms with E-state index in [1.165, 1.54) is 4.90 Å². The molecule has 0 amide bonds. The van der Waals surface area contributed by atoms with Crippen LogP contribution in [0, 0.1) is 5.92 Å². The first-order chi connectivity index (χ1) is 12.3. The molecule has 0 radical (unpaired) electrons. The molecule has 1 saturated heterocycles. The second-order valence-corrected chi connectivity index (χ2v) is 10.8. The summed E-state index contributed by atoms with van der Waals surface area (Å²) < 4.78 is 61.4. The van der Waals surface area contributed by atoms with Crippen molar-refractivity contribution in [3.8, 4) is 0 Å². The van der Waals surface area contributed by atoms with Gasteiger partial charge in [-0.15, -0.1) is 0 Å². The number of sulfone groups is 1. The molecule has 1 N–H and O–H groups in total. The highest BCUT2D eigenvalue weighted by Crippen LogP contribution is 2.21. The molecule has 1 aliphatic heterocycles. The van der Waals surface area contributed by atoms with E-state index in [1.807, 2.05) is 4.90 Å². The molecule has 10 heteroatoms. The summed E-state index contributed by atoms with van der Waals surface area (Å²) in [5.74, 6) is 0.728. The largest absolute Gasteiger partial charge is 0.401 e. The molecular formula is C17H33F3N4O2S. The predicted molar refractivity (Wildman–Crippen MR) is 103 cm³/mol. The average Bonchev–Trinajstić information content (AvgIpc) is 2.96. The lowest BCUT2D eigenvalue weighted by molar-refractivity contribution is -0.146. The van der Waals surface area contributed by atoms with Crippen molar-refractivity contribution >= 4 is 15.8 Å². The van der Waals surface area contributed by atoms with Crippen LogP contribution < -0.4 is 5.32 Å². The minimum atomic E-state index is -4.19. The molecule has 1 unspecified atom stereocenters. The highest BCUT2D eigenvalue weighted by molar-refractivity contribution is 7.92. The summed E-state index contributed by atoms with van der Waals surface area (Å²) in [5, 5.41) is 3.07. The van der Waals surface area contributed by atoms with Crippen LogP contribution in [0.25, 0.3) is 0 Å². The molecule has 6 nitrogen and oxygen atoms in total. The Morgan fingerprint density at radius 1 is 1.30 bits per heavy atom. The lowest BCUT2D eigenvalue weighted by atomic mass is 10.1. The number of rotatable bonds is 7. The van der Waals surface area contributed by atoms with E-state index in [0.717, 1.165) is 6.42 Å². The van der Waals surface area contributed by atoms with Gasteiger partial charge in [-0.25, -0.2) is 8.42 Å². The van der Waals surface area contributed by atoms with Crippen molar-refractivity contribution in [2.24, 2.45) is 10.9 Å². The molecule has 0 bridgehead atoms. The molecular weight excluding hydrogens is 381 g/mol. The fraction of sp³-hybridized carbons (Fsp3) is 0.941. The van der Waals surface area contributed by atoms with Gasteiger partial charge in [-0.2, -0.15) is 13.2 Å². The van der Waals surface area contributed by atoms with E-state index >= 15 is 0 Å². The van der Waals surface area contributed by atoms with Crippen LogP contribution in [-0.2, 0) is 9.84 Å². The maximum atomic E-state index is 12.6. The monoisotopic (exact) mass is 414 g/mol. The number of hydrogen-bond donors (Lipinski definition) is 1. The molecule has 0 aromatic heterocycles. The third kappa shape index (κ3) is 7.85. The van der Waals surface area contributed by atoms with Crippen LogP contribution in [0.1, 0.15) is 34.1 Å². The second-order valence-electron chi connectivity index (χ2n) is 7.95. The van der Waals surface area contributed by atoms with Crippen molar-refractivity contribution in [2.75, 3.05) is 52.1 Å². The maximum absolute atomic E-state index is 12.6. The van der Waals surface area contributed by atoms with Crippen LogP contribution in [0.15, 0.2) is 4.99 Å². The van der Waals surface area contributed by atoms with Gasteiger partial charge < -0.3 is 10.2 Å². The van der Waals surface area contributed by atoms with Crippen LogP contribution in [0.4, 0.5) is 13.2 Å². The number of nitrogens with zero attached hydrogens (tertiary/aromatic N) is 3. The highest BCUT2D eigenvalue weighted by Gasteiger charge is 2.33. The number of halogens is 3. The normalized spacial score (nSPS) is 19.8. The van der Waals surface area contributed by atoms with Crippen molar-refractivity contribution in [2.45, 2.75) is 45.0 Å². The lowest BCUT2D eigenvalue weighted by Gasteiger charge is -2.26. The summed E-state index contributed by atoms with van der Waals surface area (Å²) in [7, 11) is -1.60. The lowest BCUT2D eigenvalue weighted by Crippen LogP contribution is -2.44. The fourth-order valence-electron chi connectivity index (χ4n) is 3.03. The van der Waals surface area contributed by atoms with Gasteiger partial charge in [0.15, 0.2) is 15.8 Å². The summed E-state index contributed by atoms with van der Waals surface area (Å²) in [6, 6.07) is 0. The highest BCUT2D eigenvalue weighted by atomic mass is 32.2. The van der Waals surface area contributed by atoms with Crippen LogP contribution in [-0.4, -0.2) is 87.2 Å². The van der Waals surface area contributed by atoms with Gasteiger partial charge in [0.2, 0.25) is 0 Å². The van der Waals surface area contributed by atoms with Crippen LogP contribution >= 0.6 is 0 Å². The Kier molecular flexibility index (Phi) is 8.40. The quantitative estimate of drug-likeness (QED) is 0.510.